The highest BCUT2D eigenvalue weighted by atomic mass is 15.2. The van der Waals surface area contributed by atoms with Crippen molar-refractivity contribution in [3.05, 3.63) is 42.5 Å². The molecule has 0 saturated carbocycles. The van der Waals surface area contributed by atoms with E-state index in [1.807, 2.05) is 34.6 Å². The Kier molecular flexibility index (Phi) is 1.85. The van der Waals surface area contributed by atoms with E-state index in [1.54, 1.807) is 6.20 Å². The summed E-state index contributed by atoms with van der Waals surface area (Å²) in [4.78, 5) is 4.25. The summed E-state index contributed by atoms with van der Waals surface area (Å²) in [5.41, 5.74) is 1.23. The lowest BCUT2D eigenvalue weighted by Crippen LogP contribution is -2.33. The van der Waals surface area contributed by atoms with Crippen molar-refractivity contribution in [2.45, 2.75) is 6.92 Å². The van der Waals surface area contributed by atoms with Gasteiger partial charge in [-0.2, -0.15) is 0 Å². The van der Waals surface area contributed by atoms with Gasteiger partial charge >= 0.3 is 5.95 Å². The molecule has 0 aromatic carbocycles. The summed E-state index contributed by atoms with van der Waals surface area (Å²) in [6.07, 6.45) is 7.78. The monoisotopic (exact) mass is 174 g/mol. The first kappa shape index (κ1) is 7.98. The van der Waals surface area contributed by atoms with E-state index in [9.17, 15) is 0 Å². The summed E-state index contributed by atoms with van der Waals surface area (Å²) in [5, 5.41) is 0. The largest absolute Gasteiger partial charge is 0.402 e. The average molecular weight is 174 g/mol. The van der Waals surface area contributed by atoms with Crippen molar-refractivity contribution in [1.82, 2.24) is 9.55 Å². The molecule has 13 heavy (non-hydrogen) atoms. The highest BCUT2D eigenvalue weighted by molar-refractivity contribution is 5.05. The predicted octanol–water partition coefficient (Wildman–Crippen LogP) is 1.01. The van der Waals surface area contributed by atoms with Crippen molar-refractivity contribution < 1.29 is 4.57 Å². The number of nitrogens with zero attached hydrogens (tertiary/aromatic N) is 3. The van der Waals surface area contributed by atoms with E-state index in [-0.39, 0.29) is 0 Å². The molecule has 0 aliphatic carbocycles. The summed E-state index contributed by atoms with van der Waals surface area (Å²) < 4.78 is 3.99. The molecule has 0 N–H and O–H groups in total. The number of pyridine rings is 1. The van der Waals surface area contributed by atoms with Crippen LogP contribution in [-0.4, -0.2) is 9.55 Å². The van der Waals surface area contributed by atoms with Crippen molar-refractivity contribution in [2.75, 3.05) is 0 Å². The van der Waals surface area contributed by atoms with Gasteiger partial charge in [-0.05, 0) is 18.6 Å². The standard InChI is InChI=1S/C10H12N3/c1-9-4-3-6-13(8-9)10-11-5-7-12(10)2/h3-8H,1-2H3/q+1. The Hall–Kier alpha value is -1.64. The molecule has 0 bridgehead atoms. The first-order valence-corrected chi connectivity index (χ1v) is 4.23. The van der Waals surface area contributed by atoms with Crippen LogP contribution in [0.5, 0.6) is 0 Å². The topological polar surface area (TPSA) is 21.7 Å². The number of rotatable bonds is 1. The molecule has 2 aromatic heterocycles. The third-order valence-corrected chi connectivity index (χ3v) is 1.98. The van der Waals surface area contributed by atoms with Gasteiger partial charge in [-0.15, -0.1) is 0 Å². The van der Waals surface area contributed by atoms with Crippen LogP contribution in [0.3, 0.4) is 0 Å². The Morgan fingerprint density at radius 1 is 1.46 bits per heavy atom. The van der Waals surface area contributed by atoms with E-state index in [1.165, 1.54) is 5.56 Å². The van der Waals surface area contributed by atoms with Gasteiger partial charge in [0.05, 0.1) is 19.4 Å². The van der Waals surface area contributed by atoms with Crippen LogP contribution < -0.4 is 4.57 Å². The van der Waals surface area contributed by atoms with Crippen LogP contribution >= 0.6 is 0 Å². The summed E-state index contributed by atoms with van der Waals surface area (Å²) in [5.74, 6) is 0.934. The quantitative estimate of drug-likeness (QED) is 0.591. The zero-order valence-corrected chi connectivity index (χ0v) is 7.81. The third kappa shape index (κ3) is 1.45. The van der Waals surface area contributed by atoms with Crippen molar-refractivity contribution in [3.8, 4) is 5.95 Å². The Balaban J connectivity index is 2.53. The number of hydrogen-bond acceptors (Lipinski definition) is 1. The van der Waals surface area contributed by atoms with E-state index in [0.29, 0.717) is 0 Å². The second-order valence-corrected chi connectivity index (χ2v) is 3.13. The molecular formula is C10H12N3+. The van der Waals surface area contributed by atoms with Crippen molar-refractivity contribution >= 4 is 0 Å². The third-order valence-electron chi connectivity index (χ3n) is 1.98. The molecule has 66 valence electrons. The van der Waals surface area contributed by atoms with E-state index in [2.05, 4.69) is 24.2 Å². The zero-order chi connectivity index (χ0) is 9.26. The number of aromatic nitrogens is 3. The molecule has 0 unspecified atom stereocenters. The van der Waals surface area contributed by atoms with Gasteiger partial charge in [-0.3, -0.25) is 0 Å². The van der Waals surface area contributed by atoms with Gasteiger partial charge in [0.15, 0.2) is 0 Å². The van der Waals surface area contributed by atoms with Gasteiger partial charge in [0.1, 0.15) is 12.4 Å². The lowest BCUT2D eigenvalue weighted by molar-refractivity contribution is -0.605. The maximum absolute atomic E-state index is 4.25. The second-order valence-electron chi connectivity index (χ2n) is 3.13. The fraction of sp³-hybridized carbons (Fsp3) is 0.200. The first-order valence-electron chi connectivity index (χ1n) is 4.23. The van der Waals surface area contributed by atoms with E-state index in [0.717, 1.165) is 5.95 Å². The molecule has 0 radical (unpaired) electrons. The lowest BCUT2D eigenvalue weighted by Gasteiger charge is -1.97. The Morgan fingerprint density at radius 2 is 2.31 bits per heavy atom. The minimum Gasteiger partial charge on any atom is -0.235 e. The van der Waals surface area contributed by atoms with Crippen molar-refractivity contribution in [3.63, 3.8) is 0 Å². The molecule has 2 aromatic rings. The second kappa shape index (κ2) is 3.01. The van der Waals surface area contributed by atoms with Gasteiger partial charge in [-0.25, -0.2) is 9.13 Å². The van der Waals surface area contributed by atoms with Gasteiger partial charge in [0.2, 0.25) is 0 Å². The highest BCUT2D eigenvalue weighted by Gasteiger charge is 2.09. The van der Waals surface area contributed by atoms with Gasteiger partial charge in [-0.1, -0.05) is 11.1 Å². The van der Waals surface area contributed by atoms with E-state index >= 15 is 0 Å². The van der Waals surface area contributed by atoms with Crippen molar-refractivity contribution in [1.29, 1.82) is 0 Å². The summed E-state index contributed by atoms with van der Waals surface area (Å²) in [6.45, 7) is 2.07. The minimum absolute atomic E-state index is 0.934. The zero-order valence-electron chi connectivity index (χ0n) is 7.81. The first-order chi connectivity index (χ1) is 6.27. The molecule has 0 spiro atoms. The molecule has 3 heteroatoms. The Labute approximate surface area is 77.3 Å². The molecule has 0 fully saturated rings. The van der Waals surface area contributed by atoms with Crippen LogP contribution in [0.1, 0.15) is 5.56 Å². The number of imidazole rings is 1. The van der Waals surface area contributed by atoms with Crippen LogP contribution in [0.4, 0.5) is 0 Å². The predicted molar refractivity (Wildman–Crippen MR) is 49.5 cm³/mol. The van der Waals surface area contributed by atoms with Crippen LogP contribution in [0.25, 0.3) is 5.95 Å². The van der Waals surface area contributed by atoms with Crippen LogP contribution in [0.2, 0.25) is 0 Å². The van der Waals surface area contributed by atoms with Crippen LogP contribution in [0.15, 0.2) is 36.9 Å². The molecule has 3 nitrogen and oxygen atoms in total. The van der Waals surface area contributed by atoms with E-state index < -0.39 is 0 Å². The normalized spacial score (nSPS) is 10.3. The maximum Gasteiger partial charge on any atom is 0.402 e. The summed E-state index contributed by atoms with van der Waals surface area (Å²) >= 11 is 0. The van der Waals surface area contributed by atoms with Crippen molar-refractivity contribution in [2.24, 2.45) is 7.05 Å². The number of aryl methyl sites for hydroxylation is 2. The highest BCUT2D eigenvalue weighted by Crippen LogP contribution is 1.95. The lowest BCUT2D eigenvalue weighted by atomic mass is 10.3. The molecule has 2 heterocycles. The smallest absolute Gasteiger partial charge is 0.235 e. The maximum atomic E-state index is 4.25. The molecule has 0 aliphatic rings. The molecular weight excluding hydrogens is 162 g/mol. The van der Waals surface area contributed by atoms with Gasteiger partial charge in [0.25, 0.3) is 0 Å². The Bertz CT molecular complexity index is 418. The average Bonchev–Trinajstić information content (AvgIpc) is 2.51. The molecule has 0 atom stereocenters. The molecule has 0 saturated heterocycles. The van der Waals surface area contributed by atoms with E-state index in [4.69, 9.17) is 0 Å². The fourth-order valence-corrected chi connectivity index (χ4v) is 1.32. The number of hydrogen-bond donors (Lipinski definition) is 0. The minimum atomic E-state index is 0.934. The fourth-order valence-electron chi connectivity index (χ4n) is 1.32. The van der Waals surface area contributed by atoms with Crippen LogP contribution in [0, 0.1) is 6.92 Å². The molecule has 0 aliphatic heterocycles. The van der Waals surface area contributed by atoms with Gasteiger partial charge < -0.3 is 0 Å². The molecule has 0 amide bonds. The molecule has 2 rings (SSSR count). The summed E-state index contributed by atoms with van der Waals surface area (Å²) in [6, 6.07) is 4.09. The Morgan fingerprint density at radius 3 is 2.92 bits per heavy atom. The SMILES string of the molecule is Cc1ccc[n+](-c2nccn2C)c1. The van der Waals surface area contributed by atoms with Gasteiger partial charge in [0, 0.05) is 0 Å². The summed E-state index contributed by atoms with van der Waals surface area (Å²) in [7, 11) is 1.98. The van der Waals surface area contributed by atoms with Crippen LogP contribution in [-0.2, 0) is 7.05 Å².